The van der Waals surface area contributed by atoms with Gasteiger partial charge in [-0.1, -0.05) is 12.1 Å². The van der Waals surface area contributed by atoms with Crippen LogP contribution in [0.5, 0.6) is 0 Å². The topological polar surface area (TPSA) is 38.5 Å². The Morgan fingerprint density at radius 3 is 2.17 bits per heavy atom. The SMILES string of the molecule is C[N+](=O)c1cccc(B2OC(C)(C)C(C)(C)O2)c1. The second-order valence-corrected chi connectivity index (χ2v) is 5.68. The average Bonchev–Trinajstić information content (AvgIpc) is 2.48. The van der Waals surface area contributed by atoms with E-state index in [4.69, 9.17) is 9.31 Å². The summed E-state index contributed by atoms with van der Waals surface area (Å²) in [7, 11) is 1.05. The lowest BCUT2D eigenvalue weighted by molar-refractivity contribution is -0.428. The molecule has 0 N–H and O–H groups in total. The zero-order valence-corrected chi connectivity index (χ0v) is 11.6. The molecule has 18 heavy (non-hydrogen) atoms. The number of hydrogen-bond donors (Lipinski definition) is 0. The highest BCUT2D eigenvalue weighted by Gasteiger charge is 2.51. The van der Waals surface area contributed by atoms with E-state index >= 15 is 0 Å². The van der Waals surface area contributed by atoms with Crippen LogP contribution in [0.1, 0.15) is 27.7 Å². The van der Waals surface area contributed by atoms with Crippen molar-refractivity contribution in [2.75, 3.05) is 7.05 Å². The van der Waals surface area contributed by atoms with E-state index in [-0.39, 0.29) is 11.2 Å². The summed E-state index contributed by atoms with van der Waals surface area (Å²) in [6, 6.07) is 7.32. The molecule has 0 spiro atoms. The van der Waals surface area contributed by atoms with Crippen molar-refractivity contribution in [2.24, 2.45) is 0 Å². The molecule has 1 aromatic rings. The molecule has 1 heterocycles. The molecule has 1 aromatic carbocycles. The fourth-order valence-electron chi connectivity index (χ4n) is 1.85. The van der Waals surface area contributed by atoms with E-state index in [2.05, 4.69) is 0 Å². The minimum atomic E-state index is -0.421. The van der Waals surface area contributed by atoms with Gasteiger partial charge in [0, 0.05) is 21.8 Å². The Bertz CT molecular complexity index is 469. The first kappa shape index (κ1) is 13.2. The Kier molecular flexibility index (Phi) is 3.07. The summed E-state index contributed by atoms with van der Waals surface area (Å²) < 4.78 is 12.7. The monoisotopic (exact) mass is 248 g/mol. The molecular formula is C13H19BNO3+. The summed E-state index contributed by atoms with van der Waals surface area (Å²) in [4.78, 5) is 11.3. The maximum Gasteiger partial charge on any atom is 0.495 e. The molecule has 4 nitrogen and oxygen atoms in total. The molecule has 1 aliphatic rings. The summed E-state index contributed by atoms with van der Waals surface area (Å²) >= 11 is 0. The van der Waals surface area contributed by atoms with Crippen LogP contribution in [0.4, 0.5) is 5.69 Å². The van der Waals surface area contributed by atoms with E-state index in [1.807, 2.05) is 39.8 Å². The van der Waals surface area contributed by atoms with Gasteiger partial charge in [-0.3, -0.25) is 0 Å². The second kappa shape index (κ2) is 4.18. The zero-order valence-electron chi connectivity index (χ0n) is 11.6. The molecule has 2 rings (SSSR count). The smallest absolute Gasteiger partial charge is 0.399 e. The molecule has 0 aromatic heterocycles. The molecule has 1 saturated heterocycles. The quantitative estimate of drug-likeness (QED) is 0.593. The fourth-order valence-corrected chi connectivity index (χ4v) is 1.85. The van der Waals surface area contributed by atoms with Crippen molar-refractivity contribution >= 4 is 18.3 Å². The lowest BCUT2D eigenvalue weighted by atomic mass is 9.79. The van der Waals surface area contributed by atoms with Gasteiger partial charge in [0.25, 0.3) is 5.69 Å². The van der Waals surface area contributed by atoms with Gasteiger partial charge in [0.2, 0.25) is 0 Å². The highest BCUT2D eigenvalue weighted by Crippen LogP contribution is 2.36. The van der Waals surface area contributed by atoms with E-state index in [0.29, 0.717) is 5.69 Å². The van der Waals surface area contributed by atoms with Crippen molar-refractivity contribution in [3.63, 3.8) is 0 Å². The highest BCUT2D eigenvalue weighted by atomic mass is 16.7. The maximum atomic E-state index is 11.3. The molecule has 1 aliphatic heterocycles. The Morgan fingerprint density at radius 1 is 1.11 bits per heavy atom. The number of benzene rings is 1. The van der Waals surface area contributed by atoms with Crippen LogP contribution >= 0.6 is 0 Å². The van der Waals surface area contributed by atoms with Crippen molar-refractivity contribution in [1.82, 2.24) is 0 Å². The molecule has 0 amide bonds. The van der Waals surface area contributed by atoms with Crippen LogP contribution in [-0.2, 0) is 9.31 Å². The third-order valence-electron chi connectivity index (χ3n) is 3.76. The molecule has 0 atom stereocenters. The van der Waals surface area contributed by atoms with Crippen LogP contribution in [0.25, 0.3) is 0 Å². The molecule has 0 radical (unpaired) electrons. The normalized spacial score (nSPS) is 21.1. The lowest BCUT2D eigenvalue weighted by Crippen LogP contribution is -2.41. The van der Waals surface area contributed by atoms with Gasteiger partial charge in [-0.2, -0.15) is 0 Å². The molecule has 1 fully saturated rings. The summed E-state index contributed by atoms with van der Waals surface area (Å²) in [5.74, 6) is 0. The standard InChI is InChI=1S/C13H19BNO3/c1-12(2)13(3,4)18-14(17-12)10-7-6-8-11(9-10)15(5)16/h6-9H,1-5H3/q+1. The Morgan fingerprint density at radius 2 is 1.67 bits per heavy atom. The van der Waals surface area contributed by atoms with Crippen LogP contribution in [-0.4, -0.2) is 30.1 Å². The van der Waals surface area contributed by atoms with Crippen LogP contribution in [0.15, 0.2) is 24.3 Å². The van der Waals surface area contributed by atoms with E-state index in [9.17, 15) is 4.91 Å². The average molecular weight is 248 g/mol. The zero-order chi connectivity index (χ0) is 13.6. The van der Waals surface area contributed by atoms with Crippen molar-refractivity contribution in [3.05, 3.63) is 29.2 Å². The summed E-state index contributed by atoms with van der Waals surface area (Å²) in [6.07, 6.45) is 0. The van der Waals surface area contributed by atoms with Gasteiger partial charge >= 0.3 is 7.12 Å². The molecular weight excluding hydrogens is 229 g/mol. The molecule has 0 unspecified atom stereocenters. The van der Waals surface area contributed by atoms with E-state index < -0.39 is 7.12 Å². The predicted molar refractivity (Wildman–Crippen MR) is 71.4 cm³/mol. The van der Waals surface area contributed by atoms with Crippen LogP contribution in [0.3, 0.4) is 0 Å². The summed E-state index contributed by atoms with van der Waals surface area (Å²) in [5.41, 5.74) is 0.740. The van der Waals surface area contributed by atoms with Gasteiger partial charge in [-0.25, -0.2) is 0 Å². The molecule has 5 heteroatoms. The minimum Gasteiger partial charge on any atom is -0.399 e. The van der Waals surface area contributed by atoms with Gasteiger partial charge in [-0.15, -0.1) is 0 Å². The van der Waals surface area contributed by atoms with Crippen LogP contribution in [0, 0.1) is 4.91 Å². The van der Waals surface area contributed by atoms with Crippen molar-refractivity contribution in [2.45, 2.75) is 38.9 Å². The molecule has 0 bridgehead atoms. The first-order valence-electron chi connectivity index (χ1n) is 6.09. The van der Waals surface area contributed by atoms with Crippen molar-refractivity contribution in [1.29, 1.82) is 0 Å². The summed E-state index contributed by atoms with van der Waals surface area (Å²) in [5, 5.41) is 0. The van der Waals surface area contributed by atoms with E-state index in [0.717, 1.165) is 10.2 Å². The molecule has 0 aliphatic carbocycles. The minimum absolute atomic E-state index is 0.364. The molecule has 96 valence electrons. The van der Waals surface area contributed by atoms with Crippen LogP contribution < -0.4 is 5.46 Å². The number of nitroso groups, excluding NO2 is 1. The lowest BCUT2D eigenvalue weighted by Gasteiger charge is -2.32. The van der Waals surface area contributed by atoms with E-state index in [1.165, 1.54) is 7.05 Å². The Balaban J connectivity index is 2.30. The highest BCUT2D eigenvalue weighted by molar-refractivity contribution is 6.62. The van der Waals surface area contributed by atoms with Gasteiger partial charge in [0.05, 0.1) is 11.2 Å². The van der Waals surface area contributed by atoms with Gasteiger partial charge in [0.1, 0.15) is 0 Å². The second-order valence-electron chi connectivity index (χ2n) is 5.68. The number of nitrogens with zero attached hydrogens (tertiary/aromatic N) is 1. The van der Waals surface area contributed by atoms with E-state index in [1.54, 1.807) is 12.1 Å². The fraction of sp³-hybridized carbons (Fsp3) is 0.538. The van der Waals surface area contributed by atoms with Gasteiger partial charge < -0.3 is 9.31 Å². The van der Waals surface area contributed by atoms with Gasteiger partial charge in [0.15, 0.2) is 7.05 Å². The Labute approximate surface area is 108 Å². The first-order chi connectivity index (χ1) is 8.23. The largest absolute Gasteiger partial charge is 0.495 e. The number of hydrogen-bond acceptors (Lipinski definition) is 3. The number of rotatable bonds is 2. The van der Waals surface area contributed by atoms with Gasteiger partial charge in [-0.05, 0) is 33.2 Å². The maximum absolute atomic E-state index is 11.3. The third-order valence-corrected chi connectivity index (χ3v) is 3.76. The van der Waals surface area contributed by atoms with Crippen LogP contribution in [0.2, 0.25) is 0 Å². The molecule has 0 saturated carbocycles. The van der Waals surface area contributed by atoms with Crippen molar-refractivity contribution in [3.8, 4) is 0 Å². The predicted octanol–water partition coefficient (Wildman–Crippen LogP) is 2.03. The Hall–Kier alpha value is -1.20. The first-order valence-corrected chi connectivity index (χ1v) is 6.09. The van der Waals surface area contributed by atoms with Crippen molar-refractivity contribution < 1.29 is 14.1 Å². The summed E-state index contributed by atoms with van der Waals surface area (Å²) in [6.45, 7) is 8.04. The third kappa shape index (κ3) is 2.20.